The summed E-state index contributed by atoms with van der Waals surface area (Å²) in [5, 5.41) is 5.55. The molecular weight excluding hydrogens is 632 g/mol. The van der Waals surface area contributed by atoms with Crippen LogP contribution in [-0.4, -0.2) is 3.21 Å². The predicted molar refractivity (Wildman–Crippen MR) is 202 cm³/mol. The molecule has 1 heteroatoms. The van der Waals surface area contributed by atoms with Gasteiger partial charge >= 0.3 is 79.8 Å². The summed E-state index contributed by atoms with van der Waals surface area (Å²) >= 11 is 1.67. The van der Waals surface area contributed by atoms with Crippen molar-refractivity contribution >= 4 is 24.8 Å². The van der Waals surface area contributed by atoms with E-state index in [0.29, 0.717) is 0 Å². The number of rotatable bonds is 11. The largest absolute Gasteiger partial charge is 0.273 e. The second kappa shape index (κ2) is 19.0. The van der Waals surface area contributed by atoms with Crippen molar-refractivity contribution in [3.63, 3.8) is 0 Å². The molecule has 236 valence electrons. The number of aryl methyl sites for hydroxylation is 2. The Morgan fingerprint density at radius 2 is 1.33 bits per heavy atom. The Morgan fingerprint density at radius 3 is 1.85 bits per heavy atom. The molecule has 6 rings (SSSR count). The van der Waals surface area contributed by atoms with Crippen molar-refractivity contribution in [2.24, 2.45) is 0 Å². The first-order valence-electron chi connectivity index (χ1n) is 17.5. The van der Waals surface area contributed by atoms with E-state index in [1.807, 2.05) is 12.2 Å². The summed E-state index contributed by atoms with van der Waals surface area (Å²) in [5.74, 6) is 0. The minimum absolute atomic E-state index is 1.01. The molecule has 0 atom stereocenters. The fraction of sp³-hybridized carbons (Fsp3) is 0.333. The van der Waals surface area contributed by atoms with Crippen LogP contribution in [0.15, 0.2) is 103 Å². The predicted octanol–water partition coefficient (Wildman–Crippen LogP) is 13.4. The second-order valence-corrected chi connectivity index (χ2v) is 14.3. The molecule has 5 aromatic rings. The molecule has 0 fully saturated rings. The summed E-state index contributed by atoms with van der Waals surface area (Å²) in [6, 6.07) is 31.3. The van der Waals surface area contributed by atoms with Gasteiger partial charge in [0.1, 0.15) is 0 Å². The van der Waals surface area contributed by atoms with Crippen molar-refractivity contribution in [3.8, 4) is 22.3 Å². The number of hydrogen-bond acceptors (Lipinski definition) is 0. The van der Waals surface area contributed by atoms with Gasteiger partial charge in [-0.3, -0.25) is 6.08 Å². The van der Waals surface area contributed by atoms with Crippen LogP contribution < -0.4 is 0 Å². The van der Waals surface area contributed by atoms with Crippen molar-refractivity contribution in [1.82, 2.24) is 0 Å². The molecule has 5 aromatic carbocycles. The van der Waals surface area contributed by atoms with E-state index in [-0.39, 0.29) is 0 Å². The first-order valence-corrected chi connectivity index (χ1v) is 18.8. The molecule has 0 saturated heterocycles. The van der Waals surface area contributed by atoms with Gasteiger partial charge in [0.25, 0.3) is 0 Å². The summed E-state index contributed by atoms with van der Waals surface area (Å²) in [7, 11) is 0. The van der Waals surface area contributed by atoms with Gasteiger partial charge in [-0.25, -0.2) is 12.2 Å². The molecule has 0 heterocycles. The smallest absolute Gasteiger partial charge is 0.0194 e. The molecule has 1 aliphatic rings. The third-order valence-corrected chi connectivity index (χ3v) is 10.2. The van der Waals surface area contributed by atoms with E-state index in [1.54, 1.807) is 27.4 Å². The minimum atomic E-state index is 1.01. The quantitative estimate of drug-likeness (QED) is 0.122. The summed E-state index contributed by atoms with van der Waals surface area (Å²) in [6.07, 6.45) is 21.9. The number of fused-ring (bicyclic) bond motifs is 3. The van der Waals surface area contributed by atoms with Crippen molar-refractivity contribution in [2.75, 3.05) is 0 Å². The van der Waals surface area contributed by atoms with Crippen LogP contribution in [0.25, 0.3) is 43.8 Å². The fourth-order valence-corrected chi connectivity index (χ4v) is 7.12. The molecule has 0 N–H and O–H groups in total. The van der Waals surface area contributed by atoms with Crippen LogP contribution in [0.4, 0.5) is 0 Å². The van der Waals surface area contributed by atoms with Gasteiger partial charge in [0.2, 0.25) is 0 Å². The van der Waals surface area contributed by atoms with E-state index in [1.165, 1.54) is 112 Å². The van der Waals surface area contributed by atoms with Crippen LogP contribution in [0.3, 0.4) is 0 Å². The van der Waals surface area contributed by atoms with Gasteiger partial charge in [0.05, 0.1) is 0 Å². The van der Waals surface area contributed by atoms with E-state index < -0.39 is 0 Å². The van der Waals surface area contributed by atoms with Gasteiger partial charge < -0.3 is 0 Å². The van der Waals surface area contributed by atoms with E-state index in [9.17, 15) is 0 Å². The van der Waals surface area contributed by atoms with Gasteiger partial charge in [0, 0.05) is 0 Å². The average Bonchev–Trinajstić information content (AvgIpc) is 3.79. The maximum absolute atomic E-state index is 2.99. The van der Waals surface area contributed by atoms with Gasteiger partial charge in [-0.1, -0.05) is 110 Å². The van der Waals surface area contributed by atoms with E-state index in [2.05, 4.69) is 132 Å². The van der Waals surface area contributed by atoms with Gasteiger partial charge in [-0.2, -0.15) is 6.08 Å². The average molecular weight is 684 g/mol. The number of unbranched alkanes of at least 4 members (excludes halogenated alkanes) is 3. The monoisotopic (exact) mass is 682 g/mol. The molecule has 0 radical (unpaired) electrons. The SMILES string of the molecule is CCCC[C](=[Zr+2])CCCC.CCCCc1c(C)c(-c2ccccc2)cc2c1[cH-]c1cc(C)c(-c3ccccc3)cc12.[C-]1=CC=CC1. The Balaban J connectivity index is 0.000000265. The third-order valence-electron chi connectivity index (χ3n) is 8.95. The molecule has 46 heavy (non-hydrogen) atoms. The normalized spacial score (nSPS) is 11.8. The Bertz CT molecular complexity index is 1710. The first kappa shape index (κ1) is 35.8. The molecule has 0 aliphatic heterocycles. The standard InChI is InChI=1S/C31H29.C9H18.C5H5.Zr/c1-4-5-16-26-22(3)28(24-14-10-7-11-15-24)20-31-29-19-27(23-12-8-6-9-13-23)21(2)17-25(29)18-30(26)31;1-3-5-7-9-8-6-4-2;1-2-4-5-3-1;/h6-15,17-20H,4-5,16H2,1-3H3;3-8H2,1-2H3;1-3H,4H2;/q-1;;-1;+2. The molecule has 0 aromatic heterocycles. The van der Waals surface area contributed by atoms with Gasteiger partial charge in [0.15, 0.2) is 0 Å². The Hall–Kier alpha value is -3.02. The Labute approximate surface area is 294 Å². The summed E-state index contributed by atoms with van der Waals surface area (Å²) in [6.45, 7) is 11.4. The van der Waals surface area contributed by atoms with Crippen molar-refractivity contribution < 1.29 is 24.2 Å². The van der Waals surface area contributed by atoms with Crippen molar-refractivity contribution in [3.05, 3.63) is 126 Å². The zero-order valence-corrected chi connectivity index (χ0v) is 31.3. The molecule has 0 nitrogen and oxygen atoms in total. The van der Waals surface area contributed by atoms with E-state index in [0.717, 1.165) is 12.8 Å². The number of allylic oxidation sites excluding steroid dienone is 4. The molecular formula is C45H52Zr. The van der Waals surface area contributed by atoms with Gasteiger partial charge in [-0.15, -0.1) is 45.7 Å². The Kier molecular flexibility index (Phi) is 14.8. The van der Waals surface area contributed by atoms with E-state index in [4.69, 9.17) is 0 Å². The van der Waals surface area contributed by atoms with Crippen LogP contribution in [0, 0.1) is 19.9 Å². The number of hydrogen-bond donors (Lipinski definition) is 0. The summed E-state index contributed by atoms with van der Waals surface area (Å²) in [5.41, 5.74) is 9.59. The van der Waals surface area contributed by atoms with Gasteiger partial charge in [-0.05, 0) is 36.1 Å². The fourth-order valence-electron chi connectivity index (χ4n) is 6.25. The van der Waals surface area contributed by atoms with E-state index >= 15 is 0 Å². The molecule has 0 unspecified atom stereocenters. The topological polar surface area (TPSA) is 0 Å². The Morgan fingerprint density at radius 1 is 0.739 bits per heavy atom. The van der Waals surface area contributed by atoms with Crippen LogP contribution in [-0.2, 0) is 30.7 Å². The maximum Gasteiger partial charge on any atom is -0.0194 e. The summed E-state index contributed by atoms with van der Waals surface area (Å²) in [4.78, 5) is 0. The van der Waals surface area contributed by atoms with Crippen LogP contribution in [0.2, 0.25) is 0 Å². The third kappa shape index (κ3) is 9.75. The summed E-state index contributed by atoms with van der Waals surface area (Å²) < 4.78 is 1.79. The van der Waals surface area contributed by atoms with Crippen LogP contribution >= 0.6 is 0 Å². The van der Waals surface area contributed by atoms with Crippen molar-refractivity contribution in [2.45, 2.75) is 98.8 Å². The molecule has 1 aliphatic carbocycles. The second-order valence-electron chi connectivity index (χ2n) is 12.5. The van der Waals surface area contributed by atoms with Crippen LogP contribution in [0.1, 0.15) is 95.2 Å². The zero-order chi connectivity index (χ0) is 32.7. The molecule has 0 spiro atoms. The maximum atomic E-state index is 2.99. The first-order chi connectivity index (χ1) is 22.5. The molecule has 0 bridgehead atoms. The van der Waals surface area contributed by atoms with Crippen LogP contribution in [0.5, 0.6) is 0 Å². The molecule has 0 amide bonds. The minimum Gasteiger partial charge on any atom is -0.273 e. The van der Waals surface area contributed by atoms with Crippen molar-refractivity contribution in [1.29, 1.82) is 0 Å². The molecule has 0 saturated carbocycles. The number of benzene rings is 4. The zero-order valence-electron chi connectivity index (χ0n) is 28.9.